The quantitative estimate of drug-likeness (QED) is 0.0315. The fourth-order valence-electron chi connectivity index (χ4n) is 8.02. The first kappa shape index (κ1) is 83.9. The molecule has 0 saturated carbocycles. The largest absolute Gasteiger partial charge is 0.465 e. The van der Waals surface area contributed by atoms with Crippen molar-refractivity contribution in [3.05, 3.63) is 70.3 Å². The lowest BCUT2D eigenvalue weighted by molar-refractivity contribution is -0.167. The van der Waals surface area contributed by atoms with Crippen molar-refractivity contribution in [2.45, 2.75) is 93.2 Å². The predicted molar refractivity (Wildman–Crippen MR) is 335 cm³/mol. The maximum Gasteiger partial charge on any atom is 0.302 e. The molecule has 0 aliphatic rings. The number of aryl methyl sites for hydroxylation is 1. The van der Waals surface area contributed by atoms with Crippen molar-refractivity contribution in [2.24, 2.45) is 10.8 Å². The molecular formula is C65H94N4O27. The van der Waals surface area contributed by atoms with Crippen molar-refractivity contribution in [2.75, 3.05) is 158 Å². The van der Waals surface area contributed by atoms with Gasteiger partial charge in [0.25, 0.3) is 5.91 Å². The molecule has 0 spiro atoms. The maximum atomic E-state index is 13.5. The molecule has 0 aliphatic heterocycles. The lowest BCUT2D eigenvalue weighted by Crippen LogP contribution is -2.43. The van der Waals surface area contributed by atoms with Gasteiger partial charge >= 0.3 is 35.8 Å². The van der Waals surface area contributed by atoms with Crippen molar-refractivity contribution in [1.29, 1.82) is 0 Å². The number of rotatable bonds is 56. The van der Waals surface area contributed by atoms with E-state index in [0.29, 0.717) is 42.6 Å². The third kappa shape index (κ3) is 43.0. The second-order valence-corrected chi connectivity index (χ2v) is 22.0. The molecule has 2 aromatic carbocycles. The standard InChI is InChI=1S/C65H94N4O27/c1-47(71)91-41-64(42-92-48(2)72,43-93-49(3)73)39-89-20-15-60(79)68-33-55-30-56(34-69-61(80)16-21-90-40-65(44-94-50(4)74,45-95-51(5)75)46-96-52(6)76)32-57(31-55)63(82)67-18-23-85-26-27-86-36-58(77)8-7-19-83-24-29-88-38-62(81)66-17-22-84-25-28-87-37-59(78)14-13-53-9-11-54(35-70)12-10-53/h9-12,30-32,35H,7-8,13-29,33-34,36-46H2,1-6H3,(H,66,81)(H,67,82)(H,68,79)(H,69,80). The number of amides is 4. The van der Waals surface area contributed by atoms with E-state index in [-0.39, 0.29) is 207 Å². The summed E-state index contributed by atoms with van der Waals surface area (Å²) in [5.74, 6) is -5.84. The number of aldehydes is 1. The van der Waals surface area contributed by atoms with Crippen LogP contribution in [0.5, 0.6) is 0 Å². The molecule has 0 unspecified atom stereocenters. The Kier molecular flexibility index (Phi) is 43.9. The molecule has 2 rings (SSSR count). The average molecular weight is 1360 g/mol. The number of benzene rings is 2. The van der Waals surface area contributed by atoms with Crippen LogP contribution in [-0.2, 0) is 139 Å². The predicted octanol–water partition coefficient (Wildman–Crippen LogP) is 1.39. The topological polar surface area (TPSA) is 399 Å². The number of hydrogen-bond acceptors (Lipinski definition) is 27. The van der Waals surface area contributed by atoms with E-state index in [2.05, 4.69) is 21.3 Å². The minimum absolute atomic E-state index is 0.0294. The summed E-state index contributed by atoms with van der Waals surface area (Å²) in [5.41, 5.74) is 0.0775. The van der Waals surface area contributed by atoms with Gasteiger partial charge in [0.15, 0.2) is 11.6 Å². The Morgan fingerprint density at radius 2 is 0.750 bits per heavy atom. The summed E-state index contributed by atoms with van der Waals surface area (Å²) in [7, 11) is 0. The summed E-state index contributed by atoms with van der Waals surface area (Å²) < 4.78 is 75.1. The molecule has 0 fully saturated rings. The van der Waals surface area contributed by atoms with Gasteiger partial charge in [0.1, 0.15) is 65.7 Å². The first-order valence-corrected chi connectivity index (χ1v) is 31.1. The van der Waals surface area contributed by atoms with E-state index >= 15 is 0 Å². The van der Waals surface area contributed by atoms with Crippen LogP contribution in [-0.4, -0.2) is 236 Å². The summed E-state index contributed by atoms with van der Waals surface area (Å²) in [4.78, 5) is 157. The summed E-state index contributed by atoms with van der Waals surface area (Å²) in [6.07, 6.45) is 1.95. The van der Waals surface area contributed by atoms with Crippen LogP contribution in [0.4, 0.5) is 0 Å². The van der Waals surface area contributed by atoms with Gasteiger partial charge in [0.2, 0.25) is 17.7 Å². The highest BCUT2D eigenvalue weighted by Crippen LogP contribution is 2.23. The van der Waals surface area contributed by atoms with Gasteiger partial charge in [0, 0.05) is 111 Å². The van der Waals surface area contributed by atoms with E-state index in [1.165, 1.54) is 41.5 Å². The molecule has 4 amide bonds. The molecule has 536 valence electrons. The average Bonchev–Trinajstić information content (AvgIpc) is 0.949. The van der Waals surface area contributed by atoms with E-state index in [1.54, 1.807) is 30.3 Å². The Morgan fingerprint density at radius 3 is 1.17 bits per heavy atom. The molecule has 96 heavy (non-hydrogen) atoms. The van der Waals surface area contributed by atoms with Crippen LogP contribution < -0.4 is 21.3 Å². The van der Waals surface area contributed by atoms with E-state index < -0.39 is 64.4 Å². The van der Waals surface area contributed by atoms with Gasteiger partial charge in [-0.1, -0.05) is 30.3 Å². The number of carbonyl (C=O) groups is 13. The van der Waals surface area contributed by atoms with Crippen LogP contribution >= 0.6 is 0 Å². The SMILES string of the molecule is CC(=O)OCC(COCCC(=O)NCc1cc(CNC(=O)CCOCC(COC(C)=O)(COC(C)=O)COC(C)=O)cc(C(=O)NCCOCCOCC(=O)CCCOCCOCC(=O)NCCOCCOCC(=O)CCc2ccc(C=O)cc2)c1)(COC(C)=O)COC(C)=O. The summed E-state index contributed by atoms with van der Waals surface area (Å²) in [6, 6.07) is 11.8. The Hall–Kier alpha value is -8.17. The number of nitrogens with one attached hydrogen (secondary N) is 4. The second kappa shape index (κ2) is 50.2. The number of hydrogen-bond donors (Lipinski definition) is 4. The van der Waals surface area contributed by atoms with Crippen LogP contribution in [0.2, 0.25) is 0 Å². The van der Waals surface area contributed by atoms with Gasteiger partial charge in [0.05, 0.1) is 90.1 Å². The third-order valence-corrected chi connectivity index (χ3v) is 13.1. The fourth-order valence-corrected chi connectivity index (χ4v) is 8.02. The van der Waals surface area contributed by atoms with Crippen molar-refractivity contribution >= 4 is 77.3 Å². The van der Waals surface area contributed by atoms with E-state index in [9.17, 15) is 62.3 Å². The molecule has 0 radical (unpaired) electrons. The van der Waals surface area contributed by atoms with Gasteiger partial charge in [-0.15, -0.1) is 0 Å². The van der Waals surface area contributed by atoms with Crippen LogP contribution in [0.15, 0.2) is 42.5 Å². The summed E-state index contributed by atoms with van der Waals surface area (Å²) in [5, 5.41) is 10.9. The van der Waals surface area contributed by atoms with E-state index in [4.69, 9.17) is 66.3 Å². The highest BCUT2D eigenvalue weighted by Gasteiger charge is 2.37. The monoisotopic (exact) mass is 1360 g/mol. The molecule has 31 nitrogen and oxygen atoms in total. The molecule has 0 aromatic heterocycles. The van der Waals surface area contributed by atoms with Gasteiger partial charge < -0.3 is 87.6 Å². The molecule has 2 aromatic rings. The molecule has 0 saturated heterocycles. The van der Waals surface area contributed by atoms with Crippen molar-refractivity contribution in [3.63, 3.8) is 0 Å². The zero-order valence-electron chi connectivity index (χ0n) is 55.8. The molecule has 4 N–H and O–H groups in total. The molecular weight excluding hydrogens is 1270 g/mol. The molecule has 0 bridgehead atoms. The number of ketones is 2. The van der Waals surface area contributed by atoms with Gasteiger partial charge in [-0.25, -0.2) is 0 Å². The highest BCUT2D eigenvalue weighted by atomic mass is 16.6. The van der Waals surface area contributed by atoms with Crippen LogP contribution in [0.3, 0.4) is 0 Å². The van der Waals surface area contributed by atoms with E-state index in [1.807, 2.05) is 12.1 Å². The third-order valence-electron chi connectivity index (χ3n) is 13.1. The van der Waals surface area contributed by atoms with Crippen LogP contribution in [0.25, 0.3) is 0 Å². The Labute approximate surface area is 558 Å². The molecule has 31 heteroatoms. The minimum atomic E-state index is -1.29. The number of carbonyl (C=O) groups excluding carboxylic acids is 13. The van der Waals surface area contributed by atoms with Gasteiger partial charge in [-0.05, 0) is 41.7 Å². The minimum Gasteiger partial charge on any atom is -0.465 e. The van der Waals surface area contributed by atoms with Gasteiger partial charge in [-0.3, -0.25) is 62.3 Å². The smallest absolute Gasteiger partial charge is 0.302 e. The lowest BCUT2D eigenvalue weighted by Gasteiger charge is -2.31. The summed E-state index contributed by atoms with van der Waals surface area (Å²) >= 11 is 0. The number of Topliss-reactive ketones (excluding diaryl/α,β-unsaturated/α-hetero) is 2. The second-order valence-electron chi connectivity index (χ2n) is 22.0. The van der Waals surface area contributed by atoms with E-state index in [0.717, 1.165) is 11.8 Å². The first-order chi connectivity index (χ1) is 45.9. The zero-order valence-corrected chi connectivity index (χ0v) is 55.8. The molecule has 0 heterocycles. The zero-order chi connectivity index (χ0) is 70.8. The van der Waals surface area contributed by atoms with Gasteiger partial charge in [-0.2, -0.15) is 0 Å². The molecule has 0 atom stereocenters. The van der Waals surface area contributed by atoms with Crippen molar-refractivity contribution in [3.8, 4) is 0 Å². The van der Waals surface area contributed by atoms with Crippen LogP contribution in [0.1, 0.15) is 111 Å². The first-order valence-electron chi connectivity index (χ1n) is 31.1. The Balaban J connectivity index is 1.81. The highest BCUT2D eigenvalue weighted by molar-refractivity contribution is 5.94. The Morgan fingerprint density at radius 1 is 0.365 bits per heavy atom. The summed E-state index contributed by atoms with van der Waals surface area (Å²) in [6.45, 7) is 5.80. The normalized spacial score (nSPS) is 11.1. The fraction of sp³-hybridized carbons (Fsp3) is 0.615. The maximum absolute atomic E-state index is 13.5. The van der Waals surface area contributed by atoms with Crippen molar-refractivity contribution < 1.29 is 129 Å². The lowest BCUT2D eigenvalue weighted by atomic mass is 9.92. The molecule has 0 aliphatic carbocycles. The van der Waals surface area contributed by atoms with Crippen molar-refractivity contribution in [1.82, 2.24) is 21.3 Å². The number of esters is 6. The Bertz CT molecular complexity index is 2560. The number of ether oxygens (including phenoxy) is 14. The van der Waals surface area contributed by atoms with Crippen LogP contribution in [0, 0.1) is 10.8 Å².